The fourth-order valence-electron chi connectivity index (χ4n) is 3.31. The summed E-state index contributed by atoms with van der Waals surface area (Å²) in [7, 11) is 0. The zero-order chi connectivity index (χ0) is 12.3. The number of ether oxygens (including phenoxy) is 2. The van der Waals surface area contributed by atoms with Crippen LogP contribution < -0.4 is 15.2 Å². The molecule has 3 heteroatoms. The zero-order valence-electron chi connectivity index (χ0n) is 10.8. The van der Waals surface area contributed by atoms with Crippen molar-refractivity contribution < 1.29 is 9.47 Å². The molecule has 2 heterocycles. The largest absolute Gasteiger partial charge is 0.493 e. The third kappa shape index (κ3) is 1.40. The molecule has 0 amide bonds. The molecule has 0 atom stereocenters. The summed E-state index contributed by atoms with van der Waals surface area (Å²) in [6.45, 7) is 3.78. The fourth-order valence-corrected chi connectivity index (χ4v) is 3.31. The quantitative estimate of drug-likeness (QED) is 0.865. The maximum Gasteiger partial charge on any atom is 0.126 e. The van der Waals surface area contributed by atoms with Gasteiger partial charge in [0.05, 0.1) is 13.2 Å². The van der Waals surface area contributed by atoms with Gasteiger partial charge in [0, 0.05) is 35.1 Å². The van der Waals surface area contributed by atoms with Gasteiger partial charge in [0.15, 0.2) is 0 Å². The Labute approximate surface area is 107 Å². The first-order valence-electron chi connectivity index (χ1n) is 6.90. The van der Waals surface area contributed by atoms with Gasteiger partial charge in [-0.3, -0.25) is 0 Å². The van der Waals surface area contributed by atoms with E-state index in [-0.39, 0.29) is 5.54 Å². The van der Waals surface area contributed by atoms with E-state index in [4.69, 9.17) is 15.2 Å². The summed E-state index contributed by atoms with van der Waals surface area (Å²) in [4.78, 5) is 0. The molecule has 3 aliphatic rings. The fraction of sp³-hybridized carbons (Fsp3) is 0.600. The molecule has 2 aliphatic heterocycles. The highest BCUT2D eigenvalue weighted by Crippen LogP contribution is 2.47. The highest BCUT2D eigenvalue weighted by molar-refractivity contribution is 5.62. The van der Waals surface area contributed by atoms with Crippen LogP contribution in [0.2, 0.25) is 0 Å². The maximum absolute atomic E-state index is 6.31. The summed E-state index contributed by atoms with van der Waals surface area (Å²) in [6, 6.07) is 0. The van der Waals surface area contributed by atoms with E-state index in [0.29, 0.717) is 0 Å². The molecule has 18 heavy (non-hydrogen) atoms. The van der Waals surface area contributed by atoms with Gasteiger partial charge in [-0.25, -0.2) is 0 Å². The highest BCUT2D eigenvalue weighted by Gasteiger charge is 2.41. The maximum atomic E-state index is 6.31. The SMILES string of the molecule is Cc1c2c(c(CC3(N)CC3)c3c1OCC3)OCC2. The molecule has 1 aliphatic carbocycles. The van der Waals surface area contributed by atoms with E-state index in [0.717, 1.165) is 56.8 Å². The molecule has 1 fully saturated rings. The molecule has 1 aromatic rings. The van der Waals surface area contributed by atoms with E-state index in [1.165, 1.54) is 22.3 Å². The number of benzene rings is 1. The Morgan fingerprint density at radius 1 is 1.06 bits per heavy atom. The standard InChI is InChI=1S/C15H19NO2/c1-9-10-2-6-18-14(10)12(8-15(16)4-5-15)11-3-7-17-13(9)11/h2-8,16H2,1H3. The van der Waals surface area contributed by atoms with Gasteiger partial charge < -0.3 is 15.2 Å². The minimum Gasteiger partial charge on any atom is -0.493 e. The number of hydrogen-bond acceptors (Lipinski definition) is 3. The van der Waals surface area contributed by atoms with Gasteiger partial charge in [0.25, 0.3) is 0 Å². The Morgan fingerprint density at radius 3 is 2.44 bits per heavy atom. The van der Waals surface area contributed by atoms with E-state index < -0.39 is 0 Å². The van der Waals surface area contributed by atoms with Crippen molar-refractivity contribution in [3.63, 3.8) is 0 Å². The molecule has 0 radical (unpaired) electrons. The van der Waals surface area contributed by atoms with Crippen LogP contribution >= 0.6 is 0 Å². The van der Waals surface area contributed by atoms with Crippen LogP contribution in [0.25, 0.3) is 0 Å². The van der Waals surface area contributed by atoms with Crippen molar-refractivity contribution in [3.8, 4) is 11.5 Å². The third-order valence-corrected chi connectivity index (χ3v) is 4.60. The molecule has 0 unspecified atom stereocenters. The molecule has 3 nitrogen and oxygen atoms in total. The topological polar surface area (TPSA) is 44.5 Å². The molecule has 2 N–H and O–H groups in total. The van der Waals surface area contributed by atoms with Crippen molar-refractivity contribution in [1.82, 2.24) is 0 Å². The Kier molecular flexibility index (Phi) is 2.03. The van der Waals surface area contributed by atoms with E-state index in [1.807, 2.05) is 0 Å². The van der Waals surface area contributed by atoms with Crippen molar-refractivity contribution in [1.29, 1.82) is 0 Å². The summed E-state index contributed by atoms with van der Waals surface area (Å²) in [6.07, 6.45) is 5.28. The summed E-state index contributed by atoms with van der Waals surface area (Å²) in [5.74, 6) is 2.26. The zero-order valence-corrected chi connectivity index (χ0v) is 10.8. The van der Waals surface area contributed by atoms with Gasteiger partial charge in [0.2, 0.25) is 0 Å². The minimum atomic E-state index is 0.0331. The van der Waals surface area contributed by atoms with Crippen molar-refractivity contribution in [2.24, 2.45) is 5.73 Å². The van der Waals surface area contributed by atoms with Crippen LogP contribution in [0.15, 0.2) is 0 Å². The molecule has 1 aromatic carbocycles. The summed E-state index contributed by atoms with van der Waals surface area (Å²) < 4.78 is 11.7. The average Bonchev–Trinajstić information content (AvgIpc) is 2.87. The Morgan fingerprint density at radius 2 is 1.72 bits per heavy atom. The van der Waals surface area contributed by atoms with Crippen LogP contribution in [-0.2, 0) is 19.3 Å². The van der Waals surface area contributed by atoms with Crippen LogP contribution in [0.3, 0.4) is 0 Å². The molecule has 1 saturated carbocycles. The van der Waals surface area contributed by atoms with Crippen molar-refractivity contribution >= 4 is 0 Å². The van der Waals surface area contributed by atoms with Crippen molar-refractivity contribution in [3.05, 3.63) is 22.3 Å². The van der Waals surface area contributed by atoms with Crippen LogP contribution in [0.4, 0.5) is 0 Å². The second kappa shape index (κ2) is 3.41. The Balaban J connectivity index is 1.90. The first-order valence-corrected chi connectivity index (χ1v) is 6.90. The monoisotopic (exact) mass is 245 g/mol. The predicted octanol–water partition coefficient (Wildman–Crippen LogP) is 1.90. The van der Waals surface area contributed by atoms with Crippen LogP contribution in [-0.4, -0.2) is 18.8 Å². The van der Waals surface area contributed by atoms with E-state index >= 15 is 0 Å². The number of nitrogens with two attached hydrogens (primary N) is 1. The second-order valence-electron chi connectivity index (χ2n) is 5.95. The van der Waals surface area contributed by atoms with Gasteiger partial charge in [-0.2, -0.15) is 0 Å². The van der Waals surface area contributed by atoms with E-state index in [2.05, 4.69) is 6.92 Å². The Bertz CT molecular complexity index is 497. The lowest BCUT2D eigenvalue weighted by Gasteiger charge is -2.18. The number of rotatable bonds is 2. The molecule has 0 aromatic heterocycles. The number of hydrogen-bond donors (Lipinski definition) is 1. The van der Waals surface area contributed by atoms with Gasteiger partial charge in [-0.15, -0.1) is 0 Å². The average molecular weight is 245 g/mol. The molecule has 0 spiro atoms. The number of fused-ring (bicyclic) bond motifs is 2. The van der Waals surface area contributed by atoms with Gasteiger partial charge in [-0.1, -0.05) is 0 Å². The van der Waals surface area contributed by atoms with Crippen molar-refractivity contribution in [2.75, 3.05) is 13.2 Å². The lowest BCUT2D eigenvalue weighted by atomic mass is 9.91. The summed E-state index contributed by atoms with van der Waals surface area (Å²) >= 11 is 0. The summed E-state index contributed by atoms with van der Waals surface area (Å²) in [5.41, 5.74) is 11.7. The Hall–Kier alpha value is -1.22. The molecule has 96 valence electrons. The normalized spacial score (nSPS) is 22.1. The summed E-state index contributed by atoms with van der Waals surface area (Å²) in [5, 5.41) is 0. The highest BCUT2D eigenvalue weighted by atomic mass is 16.5. The van der Waals surface area contributed by atoms with Crippen LogP contribution in [0, 0.1) is 6.92 Å². The lowest BCUT2D eigenvalue weighted by Crippen LogP contribution is -2.25. The third-order valence-electron chi connectivity index (χ3n) is 4.60. The van der Waals surface area contributed by atoms with Gasteiger partial charge >= 0.3 is 0 Å². The molecular weight excluding hydrogens is 226 g/mol. The van der Waals surface area contributed by atoms with Crippen molar-refractivity contribution in [2.45, 2.75) is 44.6 Å². The molecular formula is C15H19NO2. The van der Waals surface area contributed by atoms with E-state index in [9.17, 15) is 0 Å². The van der Waals surface area contributed by atoms with Crippen LogP contribution in [0.5, 0.6) is 11.5 Å². The lowest BCUT2D eigenvalue weighted by molar-refractivity contribution is 0.351. The minimum absolute atomic E-state index is 0.0331. The molecule has 4 rings (SSSR count). The van der Waals surface area contributed by atoms with Gasteiger partial charge in [0.1, 0.15) is 11.5 Å². The first kappa shape index (κ1) is 10.7. The van der Waals surface area contributed by atoms with E-state index in [1.54, 1.807) is 0 Å². The first-order chi connectivity index (χ1) is 8.68. The predicted molar refractivity (Wildman–Crippen MR) is 69.4 cm³/mol. The van der Waals surface area contributed by atoms with Crippen LogP contribution in [0.1, 0.15) is 35.1 Å². The molecule has 0 bridgehead atoms. The van der Waals surface area contributed by atoms with Gasteiger partial charge in [-0.05, 0) is 31.7 Å². The second-order valence-corrected chi connectivity index (χ2v) is 5.95. The molecule has 0 saturated heterocycles. The smallest absolute Gasteiger partial charge is 0.126 e.